The summed E-state index contributed by atoms with van der Waals surface area (Å²) in [7, 11) is 0. The van der Waals surface area contributed by atoms with Crippen molar-refractivity contribution >= 4 is 23.5 Å². The molecule has 0 aromatic carbocycles. The van der Waals surface area contributed by atoms with Crippen LogP contribution in [0.4, 0.5) is 0 Å². The summed E-state index contributed by atoms with van der Waals surface area (Å²) < 4.78 is 4.84. The number of carbonyl (C=O) groups excluding carboxylic acids is 1. The molecule has 82 valence electrons. The Morgan fingerprint density at radius 1 is 1.53 bits per heavy atom. The zero-order chi connectivity index (χ0) is 11.3. The predicted molar refractivity (Wildman–Crippen MR) is 52.9 cm³/mol. The molecule has 6 heteroatoms. The predicted octanol–water partition coefficient (Wildman–Crippen LogP) is 1.53. The summed E-state index contributed by atoms with van der Waals surface area (Å²) in [6.07, 6.45) is 1.67. The van der Waals surface area contributed by atoms with E-state index in [0.717, 1.165) is 0 Å². The first-order valence-corrected chi connectivity index (χ1v) is 4.71. The van der Waals surface area contributed by atoms with Crippen LogP contribution in [0.3, 0.4) is 0 Å². The number of nitrogens with one attached hydrogen (secondary N) is 1. The van der Waals surface area contributed by atoms with E-state index in [9.17, 15) is 9.59 Å². The first-order valence-electron chi connectivity index (χ1n) is 4.33. The summed E-state index contributed by atoms with van der Waals surface area (Å²) in [6, 6.07) is 1.40. The normalized spacial score (nSPS) is 9.93. The lowest BCUT2D eigenvalue weighted by molar-refractivity contribution is -0.137. The van der Waals surface area contributed by atoms with Crippen LogP contribution < -0.4 is 5.32 Å². The van der Waals surface area contributed by atoms with Crippen molar-refractivity contribution in [1.82, 2.24) is 5.32 Å². The molecule has 1 aromatic heterocycles. The number of furan rings is 1. The molecule has 5 nitrogen and oxygen atoms in total. The van der Waals surface area contributed by atoms with Crippen molar-refractivity contribution in [3.63, 3.8) is 0 Å². The average Bonchev–Trinajstić information content (AvgIpc) is 2.59. The fourth-order valence-corrected chi connectivity index (χ4v) is 1.10. The number of hydrogen-bond acceptors (Lipinski definition) is 3. The highest BCUT2D eigenvalue weighted by Crippen LogP contribution is 2.12. The fourth-order valence-electron chi connectivity index (χ4n) is 0.961. The van der Waals surface area contributed by atoms with Crippen molar-refractivity contribution in [2.75, 3.05) is 6.54 Å². The molecule has 0 aliphatic carbocycles. The van der Waals surface area contributed by atoms with Gasteiger partial charge in [0.2, 0.25) is 0 Å². The Kier molecular flexibility index (Phi) is 4.17. The van der Waals surface area contributed by atoms with Crippen LogP contribution in [0.25, 0.3) is 0 Å². The molecule has 0 bridgehead atoms. The van der Waals surface area contributed by atoms with Gasteiger partial charge in [-0.25, -0.2) is 0 Å². The van der Waals surface area contributed by atoms with Gasteiger partial charge in [-0.05, 0) is 6.42 Å². The van der Waals surface area contributed by atoms with E-state index in [4.69, 9.17) is 21.1 Å². The third kappa shape index (κ3) is 4.03. The van der Waals surface area contributed by atoms with E-state index >= 15 is 0 Å². The first kappa shape index (κ1) is 11.6. The van der Waals surface area contributed by atoms with Crippen LogP contribution in [0.5, 0.6) is 0 Å². The number of carbonyl (C=O) groups is 2. The number of carboxylic acid groups (broad SMARTS) is 1. The summed E-state index contributed by atoms with van der Waals surface area (Å²) in [6.45, 7) is 0.295. The molecule has 0 saturated heterocycles. The zero-order valence-electron chi connectivity index (χ0n) is 7.83. The minimum Gasteiger partial charge on any atom is -0.481 e. The Morgan fingerprint density at radius 3 is 2.80 bits per heavy atom. The molecule has 2 N–H and O–H groups in total. The zero-order valence-corrected chi connectivity index (χ0v) is 8.58. The number of amides is 1. The van der Waals surface area contributed by atoms with Crippen LogP contribution in [-0.2, 0) is 4.79 Å². The third-order valence-corrected chi connectivity index (χ3v) is 1.84. The molecular formula is C9H10ClNO4. The molecule has 1 amide bonds. The molecule has 1 aromatic rings. The van der Waals surface area contributed by atoms with Gasteiger partial charge in [-0.1, -0.05) is 11.6 Å². The number of hydrogen-bond donors (Lipinski definition) is 2. The van der Waals surface area contributed by atoms with Crippen molar-refractivity contribution in [3.8, 4) is 0 Å². The Morgan fingerprint density at radius 2 is 2.27 bits per heavy atom. The SMILES string of the molecule is O=C(O)CCCNC(=O)c1cc(Cl)co1. The highest BCUT2D eigenvalue weighted by molar-refractivity contribution is 6.30. The molecule has 15 heavy (non-hydrogen) atoms. The maximum absolute atomic E-state index is 11.3. The Labute approximate surface area is 91.0 Å². The topological polar surface area (TPSA) is 79.5 Å². The van der Waals surface area contributed by atoms with E-state index in [2.05, 4.69) is 5.32 Å². The summed E-state index contributed by atoms with van der Waals surface area (Å²) in [5, 5.41) is 11.2. The van der Waals surface area contributed by atoms with Crippen molar-refractivity contribution in [2.45, 2.75) is 12.8 Å². The van der Waals surface area contributed by atoms with Crippen LogP contribution in [0.2, 0.25) is 5.02 Å². The van der Waals surface area contributed by atoms with E-state index in [0.29, 0.717) is 18.0 Å². The van der Waals surface area contributed by atoms with Crippen LogP contribution in [-0.4, -0.2) is 23.5 Å². The smallest absolute Gasteiger partial charge is 0.303 e. The molecule has 0 unspecified atom stereocenters. The van der Waals surface area contributed by atoms with Gasteiger partial charge in [0, 0.05) is 19.0 Å². The van der Waals surface area contributed by atoms with Crippen LogP contribution in [0.15, 0.2) is 16.7 Å². The number of aliphatic carboxylic acids is 1. The number of rotatable bonds is 5. The fraction of sp³-hybridized carbons (Fsp3) is 0.333. The van der Waals surface area contributed by atoms with E-state index in [1.165, 1.54) is 12.3 Å². The summed E-state index contributed by atoms with van der Waals surface area (Å²) in [5.74, 6) is -1.16. The highest BCUT2D eigenvalue weighted by atomic mass is 35.5. The second-order valence-electron chi connectivity index (χ2n) is 2.88. The van der Waals surface area contributed by atoms with Gasteiger partial charge in [0.1, 0.15) is 6.26 Å². The molecular weight excluding hydrogens is 222 g/mol. The van der Waals surface area contributed by atoms with Crippen molar-refractivity contribution < 1.29 is 19.1 Å². The quantitative estimate of drug-likeness (QED) is 0.753. The lowest BCUT2D eigenvalue weighted by Gasteiger charge is -2.00. The van der Waals surface area contributed by atoms with E-state index < -0.39 is 11.9 Å². The van der Waals surface area contributed by atoms with Gasteiger partial charge >= 0.3 is 5.97 Å². The number of halogens is 1. The summed E-state index contributed by atoms with van der Waals surface area (Å²) in [5.41, 5.74) is 0. The van der Waals surface area contributed by atoms with E-state index in [1.54, 1.807) is 0 Å². The van der Waals surface area contributed by atoms with Gasteiger partial charge in [-0.2, -0.15) is 0 Å². The van der Waals surface area contributed by atoms with Crippen molar-refractivity contribution in [3.05, 3.63) is 23.1 Å². The van der Waals surface area contributed by atoms with Gasteiger partial charge in [0.25, 0.3) is 5.91 Å². The van der Waals surface area contributed by atoms with Gasteiger partial charge in [-0.15, -0.1) is 0 Å². The molecule has 0 saturated carbocycles. The second-order valence-corrected chi connectivity index (χ2v) is 3.32. The standard InChI is InChI=1S/C9H10ClNO4/c10-6-4-7(15-5-6)9(14)11-3-1-2-8(12)13/h4-5H,1-3H2,(H,11,14)(H,12,13). The van der Waals surface area contributed by atoms with Crippen molar-refractivity contribution in [1.29, 1.82) is 0 Å². The summed E-state index contributed by atoms with van der Waals surface area (Å²) in [4.78, 5) is 21.5. The molecule has 0 aliphatic heterocycles. The van der Waals surface area contributed by atoms with Crippen LogP contribution in [0, 0.1) is 0 Å². The van der Waals surface area contributed by atoms with Crippen LogP contribution >= 0.6 is 11.6 Å². The molecule has 0 radical (unpaired) electrons. The van der Waals surface area contributed by atoms with Crippen molar-refractivity contribution in [2.24, 2.45) is 0 Å². The number of carboxylic acids is 1. The lowest BCUT2D eigenvalue weighted by Crippen LogP contribution is -2.24. The third-order valence-electron chi connectivity index (χ3n) is 1.64. The minimum atomic E-state index is -0.884. The average molecular weight is 232 g/mol. The van der Waals surface area contributed by atoms with Gasteiger partial charge < -0.3 is 14.8 Å². The largest absolute Gasteiger partial charge is 0.481 e. The lowest BCUT2D eigenvalue weighted by atomic mass is 10.3. The maximum Gasteiger partial charge on any atom is 0.303 e. The highest BCUT2D eigenvalue weighted by Gasteiger charge is 2.09. The molecule has 1 rings (SSSR count). The maximum atomic E-state index is 11.3. The molecule has 0 aliphatic rings. The molecule has 0 atom stereocenters. The molecule has 0 fully saturated rings. The summed E-state index contributed by atoms with van der Waals surface area (Å²) >= 11 is 5.56. The first-order chi connectivity index (χ1) is 7.09. The molecule has 0 spiro atoms. The molecule has 1 heterocycles. The van der Waals surface area contributed by atoms with Gasteiger partial charge in [0.15, 0.2) is 5.76 Å². The van der Waals surface area contributed by atoms with E-state index in [1.807, 2.05) is 0 Å². The monoisotopic (exact) mass is 231 g/mol. The minimum absolute atomic E-state index is 0.0270. The van der Waals surface area contributed by atoms with Gasteiger partial charge in [-0.3, -0.25) is 9.59 Å². The second kappa shape index (κ2) is 5.41. The van der Waals surface area contributed by atoms with E-state index in [-0.39, 0.29) is 12.2 Å². The Bertz CT molecular complexity index is 361. The van der Waals surface area contributed by atoms with Crippen LogP contribution in [0.1, 0.15) is 23.4 Å². The van der Waals surface area contributed by atoms with Gasteiger partial charge in [0.05, 0.1) is 5.02 Å². The Hall–Kier alpha value is -1.49. The Balaban J connectivity index is 2.28.